The normalized spacial score (nSPS) is 13.8. The van der Waals surface area contributed by atoms with E-state index in [0.29, 0.717) is 0 Å². The molecule has 2 nitrogen and oxygen atoms in total. The van der Waals surface area contributed by atoms with E-state index in [1.165, 1.54) is 66.8 Å². The summed E-state index contributed by atoms with van der Waals surface area (Å²) >= 11 is 0. The van der Waals surface area contributed by atoms with Crippen molar-refractivity contribution in [2.45, 2.75) is 24.7 Å². The summed E-state index contributed by atoms with van der Waals surface area (Å²) in [6, 6.07) is 87.0. The number of anilines is 3. The zero-order valence-corrected chi connectivity index (χ0v) is 36.9. The molecule has 0 saturated heterocycles. The van der Waals surface area contributed by atoms with Crippen molar-refractivity contribution in [3.8, 4) is 44.5 Å². The van der Waals surface area contributed by atoms with Gasteiger partial charge in [-0.3, -0.25) is 0 Å². The lowest BCUT2D eigenvalue weighted by atomic mass is 9.67. The highest BCUT2D eigenvalue weighted by Crippen LogP contribution is 2.58. The Bertz CT molecular complexity index is 3630. The number of para-hydroxylation sites is 2. The van der Waals surface area contributed by atoms with Crippen LogP contribution in [0, 0.1) is 0 Å². The van der Waals surface area contributed by atoms with Crippen LogP contribution in [0.4, 0.5) is 17.1 Å². The largest absolute Gasteiger partial charge is 0.455 e. The zero-order valence-electron chi connectivity index (χ0n) is 36.9. The average Bonchev–Trinajstić information content (AvgIpc) is 3.99. The maximum Gasteiger partial charge on any atom is 0.143 e. The molecular weight excluding hydrogens is 799 g/mol. The predicted octanol–water partition coefficient (Wildman–Crippen LogP) is 17.1. The van der Waals surface area contributed by atoms with E-state index in [0.717, 1.165) is 50.1 Å². The van der Waals surface area contributed by atoms with Gasteiger partial charge in [0.1, 0.15) is 11.2 Å². The van der Waals surface area contributed by atoms with Gasteiger partial charge in [-0.1, -0.05) is 208 Å². The molecule has 0 spiro atoms. The first-order valence-corrected chi connectivity index (χ1v) is 23.0. The Morgan fingerprint density at radius 2 is 0.909 bits per heavy atom. The van der Waals surface area contributed by atoms with E-state index >= 15 is 0 Å². The summed E-state index contributed by atoms with van der Waals surface area (Å²) in [5.74, 6) is 0. The Hall–Kier alpha value is -8.20. The highest BCUT2D eigenvalue weighted by Gasteiger charge is 2.46. The summed E-state index contributed by atoms with van der Waals surface area (Å²) < 4.78 is 6.50. The molecular formula is C64H45NO. The van der Waals surface area contributed by atoms with Crippen LogP contribution in [-0.4, -0.2) is 0 Å². The van der Waals surface area contributed by atoms with Crippen molar-refractivity contribution < 1.29 is 4.42 Å². The van der Waals surface area contributed by atoms with E-state index in [1.54, 1.807) is 0 Å². The molecule has 0 amide bonds. The maximum atomic E-state index is 6.50. The molecule has 1 aromatic heterocycles. The lowest BCUT2D eigenvalue weighted by Gasteiger charge is -2.34. The Kier molecular flexibility index (Phi) is 8.51. The van der Waals surface area contributed by atoms with Gasteiger partial charge in [-0.2, -0.15) is 0 Å². The third-order valence-corrected chi connectivity index (χ3v) is 14.6. The van der Waals surface area contributed by atoms with E-state index in [-0.39, 0.29) is 5.41 Å². The van der Waals surface area contributed by atoms with Gasteiger partial charge in [0.05, 0.1) is 5.41 Å². The van der Waals surface area contributed by atoms with Crippen molar-refractivity contribution in [1.29, 1.82) is 0 Å². The van der Waals surface area contributed by atoms with Crippen molar-refractivity contribution in [3.05, 3.63) is 270 Å². The van der Waals surface area contributed by atoms with Gasteiger partial charge in [0.2, 0.25) is 0 Å². The lowest BCUT2D eigenvalue weighted by Crippen LogP contribution is -2.28. The molecule has 11 aromatic rings. The summed E-state index contributed by atoms with van der Waals surface area (Å²) in [6.45, 7) is 4.72. The molecule has 0 atom stereocenters. The minimum Gasteiger partial charge on any atom is -0.455 e. The number of benzene rings is 10. The monoisotopic (exact) mass is 843 g/mol. The smallest absolute Gasteiger partial charge is 0.143 e. The Balaban J connectivity index is 0.989. The van der Waals surface area contributed by atoms with Crippen molar-refractivity contribution in [1.82, 2.24) is 0 Å². The van der Waals surface area contributed by atoms with E-state index in [2.05, 4.69) is 249 Å². The molecule has 0 radical (unpaired) electrons. The predicted molar refractivity (Wildman–Crippen MR) is 274 cm³/mol. The fourth-order valence-corrected chi connectivity index (χ4v) is 11.6. The average molecular weight is 844 g/mol. The third kappa shape index (κ3) is 5.55. The molecule has 13 rings (SSSR count). The zero-order chi connectivity index (χ0) is 44.0. The van der Waals surface area contributed by atoms with Crippen molar-refractivity contribution >= 4 is 39.0 Å². The van der Waals surface area contributed by atoms with E-state index in [9.17, 15) is 0 Å². The van der Waals surface area contributed by atoms with Gasteiger partial charge in [0, 0.05) is 38.8 Å². The fraction of sp³-hybridized carbons (Fsp3) is 0.0625. The lowest BCUT2D eigenvalue weighted by molar-refractivity contribution is 0.660. The molecule has 2 heteroatoms. The summed E-state index contributed by atoms with van der Waals surface area (Å²) in [5.41, 5.74) is 22.1. The number of rotatable bonds is 7. The molecule has 2 aliphatic carbocycles. The number of hydrogen-bond acceptors (Lipinski definition) is 2. The summed E-state index contributed by atoms with van der Waals surface area (Å²) in [6.07, 6.45) is 0. The second kappa shape index (κ2) is 14.7. The van der Waals surface area contributed by atoms with Crippen LogP contribution in [0.2, 0.25) is 0 Å². The van der Waals surface area contributed by atoms with Crippen LogP contribution >= 0.6 is 0 Å². The Morgan fingerprint density at radius 3 is 1.70 bits per heavy atom. The summed E-state index contributed by atoms with van der Waals surface area (Å²) in [7, 11) is 0. The third-order valence-electron chi connectivity index (χ3n) is 14.6. The first-order valence-electron chi connectivity index (χ1n) is 23.0. The van der Waals surface area contributed by atoms with E-state index < -0.39 is 5.41 Å². The molecule has 0 N–H and O–H groups in total. The molecule has 312 valence electrons. The molecule has 10 aromatic carbocycles. The number of fused-ring (bicyclic) bond motifs is 9. The number of hydrogen-bond donors (Lipinski definition) is 0. The second-order valence-electron chi connectivity index (χ2n) is 18.4. The minimum absolute atomic E-state index is 0.146. The van der Waals surface area contributed by atoms with Crippen LogP contribution in [-0.2, 0) is 10.8 Å². The van der Waals surface area contributed by atoms with Crippen LogP contribution in [0.3, 0.4) is 0 Å². The Morgan fingerprint density at radius 1 is 0.348 bits per heavy atom. The van der Waals surface area contributed by atoms with Gasteiger partial charge >= 0.3 is 0 Å². The SMILES string of the molecule is CC1(C)c2ccccc2-c2ccc(N(c3ccc(-c4cccc5c4oc4ccccc45)cc3)c3cccc(-c4cccc5c4-c4ccccc4C5(c4ccccc4)c4ccccc4)c3)cc21. The Labute approximate surface area is 385 Å². The highest BCUT2D eigenvalue weighted by atomic mass is 16.3. The molecule has 0 saturated carbocycles. The van der Waals surface area contributed by atoms with Crippen LogP contribution in [0.25, 0.3) is 66.4 Å². The van der Waals surface area contributed by atoms with Crippen LogP contribution in [0.15, 0.2) is 241 Å². The van der Waals surface area contributed by atoms with E-state index in [1.807, 2.05) is 6.07 Å². The molecule has 0 bridgehead atoms. The van der Waals surface area contributed by atoms with Gasteiger partial charge in [0.25, 0.3) is 0 Å². The highest BCUT2D eigenvalue weighted by molar-refractivity contribution is 6.09. The minimum atomic E-state index is -0.475. The first kappa shape index (κ1) is 38.3. The topological polar surface area (TPSA) is 16.4 Å². The quantitative estimate of drug-likeness (QED) is 0.159. The van der Waals surface area contributed by atoms with Crippen molar-refractivity contribution in [2.24, 2.45) is 0 Å². The van der Waals surface area contributed by atoms with Gasteiger partial charge in [-0.25, -0.2) is 0 Å². The van der Waals surface area contributed by atoms with Gasteiger partial charge < -0.3 is 9.32 Å². The van der Waals surface area contributed by atoms with Crippen LogP contribution in [0.5, 0.6) is 0 Å². The van der Waals surface area contributed by atoms with Gasteiger partial charge in [-0.15, -0.1) is 0 Å². The van der Waals surface area contributed by atoms with Crippen LogP contribution in [0.1, 0.15) is 47.2 Å². The standard InChI is InChI=1S/C64H45NO/c1-63(2)56-30-12-9-24-51(56)52-39-38-48(41-59(52)63)65(46-36-34-42(35-37-46)50-28-16-29-54-53-25-11-14-33-60(53)66-62(50)54)47-23-15-18-43(40-47)49-27-17-32-58-61(49)55-26-10-13-31-57(55)64(58,44-19-5-3-6-20-44)45-21-7-4-8-22-45/h3-41H,1-2H3. The van der Waals surface area contributed by atoms with Gasteiger partial charge in [-0.05, 0) is 115 Å². The second-order valence-corrected chi connectivity index (χ2v) is 18.4. The van der Waals surface area contributed by atoms with E-state index in [4.69, 9.17) is 4.42 Å². The van der Waals surface area contributed by atoms with Gasteiger partial charge in [0.15, 0.2) is 0 Å². The molecule has 2 aliphatic rings. The molecule has 0 fully saturated rings. The molecule has 66 heavy (non-hydrogen) atoms. The summed E-state index contributed by atoms with van der Waals surface area (Å²) in [5, 5.41) is 2.27. The molecule has 0 unspecified atom stereocenters. The maximum absolute atomic E-state index is 6.50. The van der Waals surface area contributed by atoms with Crippen molar-refractivity contribution in [2.75, 3.05) is 4.90 Å². The first-order chi connectivity index (χ1) is 32.5. The number of furan rings is 1. The molecule has 0 aliphatic heterocycles. The van der Waals surface area contributed by atoms with Crippen molar-refractivity contribution in [3.63, 3.8) is 0 Å². The number of nitrogens with zero attached hydrogens (tertiary/aromatic N) is 1. The fourth-order valence-electron chi connectivity index (χ4n) is 11.6. The van der Waals surface area contributed by atoms with Crippen LogP contribution < -0.4 is 4.90 Å². The summed E-state index contributed by atoms with van der Waals surface area (Å²) in [4.78, 5) is 2.43. The molecule has 1 heterocycles.